The summed E-state index contributed by atoms with van der Waals surface area (Å²) in [5, 5.41) is 8.80. The van der Waals surface area contributed by atoms with Crippen molar-refractivity contribution in [2.45, 2.75) is 39.8 Å². The van der Waals surface area contributed by atoms with Crippen molar-refractivity contribution in [2.75, 3.05) is 38.2 Å². The van der Waals surface area contributed by atoms with Gasteiger partial charge in [-0.25, -0.2) is 5.01 Å². The lowest BCUT2D eigenvalue weighted by atomic mass is 10.1. The van der Waals surface area contributed by atoms with Crippen LogP contribution in [0.1, 0.15) is 35.1 Å². The fourth-order valence-electron chi connectivity index (χ4n) is 4.24. The van der Waals surface area contributed by atoms with Gasteiger partial charge in [-0.2, -0.15) is 5.10 Å². The highest BCUT2D eigenvalue weighted by Crippen LogP contribution is 2.25. The zero-order chi connectivity index (χ0) is 23.4. The number of rotatable bonds is 6. The predicted octanol–water partition coefficient (Wildman–Crippen LogP) is 2.85. The molecule has 2 aliphatic heterocycles. The van der Waals surface area contributed by atoms with Crippen LogP contribution < -0.4 is 10.3 Å². The molecule has 0 spiro atoms. The molecule has 2 amide bonds. The number of nitrogens with one attached hydrogen (secondary N) is 1. The Balaban J connectivity index is 1.39. The number of piperazine rings is 1. The third-order valence-electron chi connectivity index (χ3n) is 6.33. The fourth-order valence-corrected chi connectivity index (χ4v) is 4.24. The molecular weight excluding hydrogens is 414 g/mol. The first-order valence-corrected chi connectivity index (χ1v) is 11.6. The van der Waals surface area contributed by atoms with Crippen LogP contribution in [0, 0.1) is 13.8 Å². The average Bonchev–Trinajstić information content (AvgIpc) is 2.81. The van der Waals surface area contributed by atoms with E-state index in [1.807, 2.05) is 44.2 Å². The molecule has 0 unspecified atom stereocenters. The van der Waals surface area contributed by atoms with Crippen molar-refractivity contribution < 1.29 is 9.59 Å². The zero-order valence-corrected chi connectivity index (χ0v) is 19.8. The quantitative estimate of drug-likeness (QED) is 0.740. The van der Waals surface area contributed by atoms with Crippen molar-refractivity contribution in [1.82, 2.24) is 15.1 Å². The van der Waals surface area contributed by atoms with E-state index in [0.29, 0.717) is 18.7 Å². The van der Waals surface area contributed by atoms with Crippen LogP contribution >= 0.6 is 0 Å². The molecule has 7 heteroatoms. The number of hydrogen-bond donors (Lipinski definition) is 1. The van der Waals surface area contributed by atoms with E-state index in [2.05, 4.69) is 39.4 Å². The highest BCUT2D eigenvalue weighted by molar-refractivity contribution is 6.40. The Morgan fingerprint density at radius 1 is 1.00 bits per heavy atom. The third kappa shape index (κ3) is 5.86. The number of nitrogens with zero attached hydrogens (tertiary/aromatic N) is 4. The molecule has 2 heterocycles. The van der Waals surface area contributed by atoms with Crippen molar-refractivity contribution in [3.63, 3.8) is 0 Å². The smallest absolute Gasteiger partial charge is 0.267 e. The van der Waals surface area contributed by atoms with Crippen molar-refractivity contribution in [1.29, 1.82) is 0 Å². The number of hydrogen-bond acceptors (Lipinski definition) is 5. The minimum Gasteiger partial charge on any atom is -0.347 e. The minimum atomic E-state index is -0.220. The summed E-state index contributed by atoms with van der Waals surface area (Å²) in [6.07, 6.45) is 0.635. The van der Waals surface area contributed by atoms with Crippen LogP contribution in [0.25, 0.3) is 0 Å². The number of aryl methyl sites for hydroxylation is 2. The van der Waals surface area contributed by atoms with Gasteiger partial charge in [0.05, 0.1) is 5.69 Å². The Bertz CT molecular complexity index is 1060. The maximum Gasteiger partial charge on any atom is 0.267 e. The molecular formula is C26H33N5O2. The topological polar surface area (TPSA) is 68.2 Å². The van der Waals surface area contributed by atoms with Crippen LogP contribution in [0.15, 0.2) is 47.6 Å². The largest absolute Gasteiger partial charge is 0.347 e. The summed E-state index contributed by atoms with van der Waals surface area (Å²) in [5.41, 5.74) is 5.45. The normalized spacial score (nSPS) is 17.7. The average molecular weight is 448 g/mol. The van der Waals surface area contributed by atoms with E-state index in [1.165, 1.54) is 10.6 Å². The molecule has 4 rings (SSSR count). The SMILES string of the molecule is Cc1ccc(C)c(N2N=C(C(=O)NCc3cccc(CN4CCN(C)CC4)c3)CCC2=O)c1. The van der Waals surface area contributed by atoms with Gasteiger partial charge >= 0.3 is 0 Å². The van der Waals surface area contributed by atoms with Crippen molar-refractivity contribution in [2.24, 2.45) is 5.10 Å². The van der Waals surface area contributed by atoms with Gasteiger partial charge in [0.15, 0.2) is 0 Å². The number of carbonyl (C=O) groups excluding carboxylic acids is 2. The molecule has 0 bridgehead atoms. The highest BCUT2D eigenvalue weighted by atomic mass is 16.2. The van der Waals surface area contributed by atoms with Gasteiger partial charge in [-0.1, -0.05) is 36.4 Å². The lowest BCUT2D eigenvalue weighted by Gasteiger charge is -2.32. The molecule has 0 radical (unpaired) electrons. The van der Waals surface area contributed by atoms with Crippen LogP contribution in [0.4, 0.5) is 5.69 Å². The first-order chi connectivity index (χ1) is 15.9. The maximum absolute atomic E-state index is 12.8. The van der Waals surface area contributed by atoms with Crippen LogP contribution in [0.5, 0.6) is 0 Å². The number of likely N-dealkylation sites (N-methyl/N-ethyl adjacent to an activating group) is 1. The highest BCUT2D eigenvalue weighted by Gasteiger charge is 2.26. The number of anilines is 1. The van der Waals surface area contributed by atoms with Gasteiger partial charge < -0.3 is 10.2 Å². The molecule has 1 fully saturated rings. The van der Waals surface area contributed by atoms with E-state index >= 15 is 0 Å². The Hall–Kier alpha value is -3.03. The van der Waals surface area contributed by atoms with Gasteiger partial charge in [0.2, 0.25) is 5.91 Å². The van der Waals surface area contributed by atoms with Crippen LogP contribution in [0.2, 0.25) is 0 Å². The van der Waals surface area contributed by atoms with Crippen LogP contribution in [-0.4, -0.2) is 60.6 Å². The molecule has 174 valence electrons. The molecule has 1 saturated heterocycles. The molecule has 0 saturated carbocycles. The molecule has 2 aliphatic rings. The van der Waals surface area contributed by atoms with Gasteiger partial charge in [0.25, 0.3) is 5.91 Å². The lowest BCUT2D eigenvalue weighted by Crippen LogP contribution is -2.43. The molecule has 7 nitrogen and oxygen atoms in total. The second kappa shape index (κ2) is 10.3. The van der Waals surface area contributed by atoms with Crippen molar-refractivity contribution in [3.8, 4) is 0 Å². The second-order valence-corrected chi connectivity index (χ2v) is 9.12. The summed E-state index contributed by atoms with van der Waals surface area (Å²) in [5.74, 6) is -0.306. The van der Waals surface area contributed by atoms with E-state index in [4.69, 9.17) is 0 Å². The fraction of sp³-hybridized carbons (Fsp3) is 0.423. The molecule has 0 atom stereocenters. The standard InChI is InChI=1S/C26H33N5O2/c1-19-7-8-20(2)24(15-19)31-25(32)10-9-23(28-31)26(33)27-17-21-5-4-6-22(16-21)18-30-13-11-29(3)12-14-30/h4-8,15-16H,9-14,17-18H2,1-3H3,(H,27,33). The molecule has 2 aromatic rings. The van der Waals surface area contributed by atoms with Gasteiger partial charge in [-0.05, 0) is 49.2 Å². The third-order valence-corrected chi connectivity index (χ3v) is 6.33. The summed E-state index contributed by atoms with van der Waals surface area (Å²) in [4.78, 5) is 30.2. The summed E-state index contributed by atoms with van der Waals surface area (Å²) in [7, 11) is 2.16. The Labute approximate surface area is 196 Å². The summed E-state index contributed by atoms with van der Waals surface area (Å²) in [6.45, 7) is 9.63. The molecule has 0 aromatic heterocycles. The van der Waals surface area contributed by atoms with Crippen LogP contribution in [-0.2, 0) is 22.7 Å². The first kappa shape index (κ1) is 23.1. The number of hydrazone groups is 1. The second-order valence-electron chi connectivity index (χ2n) is 9.12. The number of carbonyl (C=O) groups is 2. The van der Waals surface area contributed by atoms with E-state index in [0.717, 1.165) is 55.1 Å². The van der Waals surface area contributed by atoms with Gasteiger partial charge in [0.1, 0.15) is 5.71 Å². The number of benzene rings is 2. The number of amides is 2. The van der Waals surface area contributed by atoms with Gasteiger partial charge in [-0.15, -0.1) is 0 Å². The Morgan fingerprint density at radius 2 is 1.76 bits per heavy atom. The zero-order valence-electron chi connectivity index (χ0n) is 19.8. The molecule has 2 aromatic carbocycles. The molecule has 33 heavy (non-hydrogen) atoms. The van der Waals surface area contributed by atoms with Gasteiger partial charge in [-0.3, -0.25) is 14.5 Å². The minimum absolute atomic E-state index is 0.0862. The van der Waals surface area contributed by atoms with Crippen LogP contribution in [0.3, 0.4) is 0 Å². The van der Waals surface area contributed by atoms with Gasteiger partial charge in [0, 0.05) is 52.1 Å². The van der Waals surface area contributed by atoms with Crippen molar-refractivity contribution >= 4 is 23.2 Å². The monoisotopic (exact) mass is 447 g/mol. The van der Waals surface area contributed by atoms with E-state index in [9.17, 15) is 9.59 Å². The van der Waals surface area contributed by atoms with E-state index < -0.39 is 0 Å². The van der Waals surface area contributed by atoms with E-state index in [1.54, 1.807) is 0 Å². The predicted molar refractivity (Wildman–Crippen MR) is 131 cm³/mol. The summed E-state index contributed by atoms with van der Waals surface area (Å²) >= 11 is 0. The van der Waals surface area contributed by atoms with E-state index in [-0.39, 0.29) is 18.2 Å². The molecule has 1 N–H and O–H groups in total. The Kier molecular flexibility index (Phi) is 7.20. The maximum atomic E-state index is 12.8. The summed E-state index contributed by atoms with van der Waals surface area (Å²) < 4.78 is 0. The summed E-state index contributed by atoms with van der Waals surface area (Å²) in [6, 6.07) is 14.3. The van der Waals surface area contributed by atoms with Crippen molar-refractivity contribution in [3.05, 3.63) is 64.7 Å². The lowest BCUT2D eigenvalue weighted by molar-refractivity contribution is -0.119. The molecule has 0 aliphatic carbocycles. The first-order valence-electron chi connectivity index (χ1n) is 11.6. The Morgan fingerprint density at radius 3 is 2.55 bits per heavy atom.